The van der Waals surface area contributed by atoms with Gasteiger partial charge in [-0.25, -0.2) is 0 Å². The van der Waals surface area contributed by atoms with E-state index in [0.29, 0.717) is 10.7 Å². The van der Waals surface area contributed by atoms with Crippen molar-refractivity contribution in [1.29, 1.82) is 0 Å². The van der Waals surface area contributed by atoms with E-state index in [2.05, 4.69) is 15.4 Å². The Kier molecular flexibility index (Phi) is 3.58. The summed E-state index contributed by atoms with van der Waals surface area (Å²) < 4.78 is 1.34. The second kappa shape index (κ2) is 5.15. The van der Waals surface area contributed by atoms with Gasteiger partial charge in [0.1, 0.15) is 0 Å². The monoisotopic (exact) mass is 280 g/mol. The minimum Gasteiger partial charge on any atom is -0.301 e. The molecule has 0 saturated carbocycles. The zero-order valence-electron chi connectivity index (χ0n) is 9.28. The highest BCUT2D eigenvalue weighted by Gasteiger charge is 2.13. The maximum atomic E-state index is 12.1. The highest BCUT2D eigenvalue weighted by Crippen LogP contribution is 2.15. The summed E-state index contributed by atoms with van der Waals surface area (Å²) in [6.45, 7) is 1.36. The van der Waals surface area contributed by atoms with Crippen LogP contribution in [0.1, 0.15) is 17.3 Å². The Hall–Kier alpha value is -1.93. The lowest BCUT2D eigenvalue weighted by atomic mass is 10.3. The number of amides is 1. The van der Waals surface area contributed by atoms with Crippen molar-refractivity contribution in [1.82, 2.24) is 14.8 Å². The van der Waals surface area contributed by atoms with Crippen molar-refractivity contribution in [3.8, 4) is 0 Å². The van der Waals surface area contributed by atoms with Crippen LogP contribution >= 0.6 is 23.6 Å². The SMILES string of the molecule is CC(=O)Nc1nn(C(=O)c2cccnc2)c(=S)s1. The maximum Gasteiger partial charge on any atom is 0.281 e. The number of anilines is 1. The van der Waals surface area contributed by atoms with Crippen LogP contribution in [0.3, 0.4) is 0 Å². The molecule has 0 aliphatic heterocycles. The van der Waals surface area contributed by atoms with Crippen molar-refractivity contribution >= 4 is 40.5 Å². The number of pyridine rings is 1. The molecular weight excluding hydrogens is 272 g/mol. The molecule has 0 spiro atoms. The molecule has 0 bridgehead atoms. The van der Waals surface area contributed by atoms with Crippen LogP contribution in [0.15, 0.2) is 24.5 Å². The summed E-state index contributed by atoms with van der Waals surface area (Å²) in [4.78, 5) is 26.8. The molecule has 0 saturated heterocycles. The zero-order valence-corrected chi connectivity index (χ0v) is 10.9. The molecule has 6 nitrogen and oxygen atoms in total. The van der Waals surface area contributed by atoms with Gasteiger partial charge in [0.25, 0.3) is 5.91 Å². The number of hydrogen-bond donors (Lipinski definition) is 1. The molecule has 2 aromatic heterocycles. The minimum atomic E-state index is -0.374. The second-order valence-electron chi connectivity index (χ2n) is 3.31. The normalized spacial score (nSPS) is 10.1. The maximum absolute atomic E-state index is 12.1. The summed E-state index contributed by atoms with van der Waals surface area (Å²) in [6, 6.07) is 3.27. The molecule has 18 heavy (non-hydrogen) atoms. The molecular formula is C10H8N4O2S2. The van der Waals surface area contributed by atoms with Gasteiger partial charge in [0.15, 0.2) is 3.95 Å². The van der Waals surface area contributed by atoms with Gasteiger partial charge < -0.3 is 5.32 Å². The molecule has 1 amide bonds. The molecule has 92 valence electrons. The summed E-state index contributed by atoms with van der Waals surface area (Å²) in [5.41, 5.74) is 0.383. The summed E-state index contributed by atoms with van der Waals surface area (Å²) in [5.74, 6) is -0.638. The first-order chi connectivity index (χ1) is 8.58. The van der Waals surface area contributed by atoms with E-state index in [4.69, 9.17) is 12.2 Å². The third-order valence-corrected chi connectivity index (χ3v) is 3.08. The Morgan fingerprint density at radius 2 is 2.28 bits per heavy atom. The highest BCUT2D eigenvalue weighted by atomic mass is 32.1. The van der Waals surface area contributed by atoms with Gasteiger partial charge in [0.05, 0.1) is 5.56 Å². The van der Waals surface area contributed by atoms with E-state index in [-0.39, 0.29) is 15.8 Å². The molecule has 0 atom stereocenters. The van der Waals surface area contributed by atoms with Crippen LogP contribution in [0.2, 0.25) is 0 Å². The Balaban J connectivity index is 2.34. The van der Waals surface area contributed by atoms with E-state index in [9.17, 15) is 9.59 Å². The van der Waals surface area contributed by atoms with Gasteiger partial charge in [0.2, 0.25) is 11.0 Å². The Labute approximate surface area is 111 Å². The lowest BCUT2D eigenvalue weighted by Gasteiger charge is -1.98. The number of aromatic nitrogens is 3. The average Bonchev–Trinajstić information content (AvgIpc) is 2.69. The van der Waals surface area contributed by atoms with Crippen LogP contribution < -0.4 is 5.32 Å². The number of carbonyl (C=O) groups is 2. The average molecular weight is 280 g/mol. The van der Waals surface area contributed by atoms with Gasteiger partial charge in [-0.2, -0.15) is 4.68 Å². The lowest BCUT2D eigenvalue weighted by Crippen LogP contribution is -2.15. The minimum absolute atomic E-state index is 0.264. The standard InChI is InChI=1S/C10H8N4O2S2/c1-6(15)12-9-13-14(10(17)18-9)8(16)7-3-2-4-11-5-7/h2-5H,1H3,(H,12,13,15). The van der Waals surface area contributed by atoms with Gasteiger partial charge >= 0.3 is 0 Å². The van der Waals surface area contributed by atoms with Gasteiger partial charge in [-0.05, 0) is 24.4 Å². The molecule has 0 radical (unpaired) electrons. The molecule has 0 aromatic carbocycles. The molecule has 2 rings (SSSR count). The third-order valence-electron chi connectivity index (χ3n) is 1.93. The number of hydrogen-bond acceptors (Lipinski definition) is 6. The fraction of sp³-hybridized carbons (Fsp3) is 0.100. The van der Waals surface area contributed by atoms with Gasteiger partial charge in [-0.3, -0.25) is 14.6 Å². The van der Waals surface area contributed by atoms with Crippen LogP contribution in [0, 0.1) is 3.95 Å². The number of nitrogens with zero attached hydrogens (tertiary/aromatic N) is 3. The Morgan fingerprint density at radius 3 is 2.89 bits per heavy atom. The molecule has 0 fully saturated rings. The van der Waals surface area contributed by atoms with E-state index in [1.54, 1.807) is 18.3 Å². The summed E-state index contributed by atoms with van der Waals surface area (Å²) in [7, 11) is 0. The van der Waals surface area contributed by atoms with E-state index >= 15 is 0 Å². The third kappa shape index (κ3) is 2.66. The Bertz CT molecular complexity index is 647. The molecule has 2 heterocycles. The van der Waals surface area contributed by atoms with Gasteiger partial charge in [-0.15, -0.1) is 5.10 Å². The van der Waals surface area contributed by atoms with Crippen LogP contribution in [0.5, 0.6) is 0 Å². The molecule has 1 N–H and O–H groups in total. The van der Waals surface area contributed by atoms with Crippen molar-refractivity contribution in [3.63, 3.8) is 0 Å². The first-order valence-corrected chi connectivity index (χ1v) is 6.13. The van der Waals surface area contributed by atoms with Gasteiger partial charge in [-0.1, -0.05) is 11.3 Å². The molecule has 8 heteroatoms. The van der Waals surface area contributed by atoms with Crippen LogP contribution in [0.25, 0.3) is 0 Å². The molecule has 0 aliphatic carbocycles. The van der Waals surface area contributed by atoms with E-state index in [1.807, 2.05) is 0 Å². The first kappa shape index (κ1) is 12.5. The van der Waals surface area contributed by atoms with Crippen LogP contribution in [-0.4, -0.2) is 26.6 Å². The lowest BCUT2D eigenvalue weighted by molar-refractivity contribution is -0.114. The first-order valence-electron chi connectivity index (χ1n) is 4.90. The van der Waals surface area contributed by atoms with Crippen molar-refractivity contribution < 1.29 is 9.59 Å². The molecule has 0 aliphatic rings. The van der Waals surface area contributed by atoms with Crippen molar-refractivity contribution in [3.05, 3.63) is 34.0 Å². The smallest absolute Gasteiger partial charge is 0.281 e. The zero-order chi connectivity index (χ0) is 13.1. The second-order valence-corrected chi connectivity index (χ2v) is 4.94. The fourth-order valence-corrected chi connectivity index (χ4v) is 2.27. The van der Waals surface area contributed by atoms with E-state index in [1.165, 1.54) is 13.1 Å². The van der Waals surface area contributed by atoms with Crippen LogP contribution in [-0.2, 0) is 4.79 Å². The van der Waals surface area contributed by atoms with Gasteiger partial charge in [0, 0.05) is 19.3 Å². The van der Waals surface area contributed by atoms with E-state index in [0.717, 1.165) is 16.0 Å². The number of rotatable bonds is 2. The fourth-order valence-electron chi connectivity index (χ4n) is 1.22. The summed E-state index contributed by atoms with van der Waals surface area (Å²) in [6.07, 6.45) is 3.00. The number of nitrogens with one attached hydrogen (secondary N) is 1. The number of carbonyl (C=O) groups excluding carboxylic acids is 2. The quantitative estimate of drug-likeness (QED) is 0.847. The van der Waals surface area contributed by atoms with E-state index < -0.39 is 0 Å². The predicted octanol–water partition coefficient (Wildman–Crippen LogP) is 1.72. The largest absolute Gasteiger partial charge is 0.301 e. The Morgan fingerprint density at radius 1 is 1.50 bits per heavy atom. The predicted molar refractivity (Wildman–Crippen MR) is 69.2 cm³/mol. The summed E-state index contributed by atoms with van der Waals surface area (Å²) in [5, 5.41) is 6.73. The summed E-state index contributed by atoms with van der Waals surface area (Å²) >= 11 is 6.09. The van der Waals surface area contributed by atoms with Crippen molar-refractivity contribution in [2.75, 3.05) is 5.32 Å². The van der Waals surface area contributed by atoms with Crippen molar-refractivity contribution in [2.24, 2.45) is 0 Å². The molecule has 2 aromatic rings. The molecule has 0 unspecified atom stereocenters. The van der Waals surface area contributed by atoms with Crippen LogP contribution in [0.4, 0.5) is 5.13 Å². The topological polar surface area (TPSA) is 76.9 Å². The highest BCUT2D eigenvalue weighted by molar-refractivity contribution is 7.73. The van der Waals surface area contributed by atoms with Crippen molar-refractivity contribution in [2.45, 2.75) is 6.92 Å².